The molecule has 0 aliphatic heterocycles. The van der Waals surface area contributed by atoms with Crippen LogP contribution in [0.1, 0.15) is 64.5 Å². The molecule has 8 aromatic carbocycles. The Bertz CT molecular complexity index is 2950. The van der Waals surface area contributed by atoms with Crippen LogP contribution in [0.3, 0.4) is 0 Å². The number of nitrogens with two attached hydrogens (primary N) is 1. The second-order valence-corrected chi connectivity index (χ2v) is 19.3. The molecule has 0 bridgehead atoms. The number of amides is 2. The van der Waals surface area contributed by atoms with Crippen molar-refractivity contribution in [3.63, 3.8) is 0 Å². The molecule has 0 aromatic heterocycles. The summed E-state index contributed by atoms with van der Waals surface area (Å²) in [7, 11) is 6.43. The maximum absolute atomic E-state index is 16.0. The van der Waals surface area contributed by atoms with Crippen LogP contribution in [0.25, 0.3) is 21.5 Å². The van der Waals surface area contributed by atoms with Crippen molar-refractivity contribution in [2.24, 2.45) is 11.1 Å². The van der Waals surface area contributed by atoms with Gasteiger partial charge < -0.3 is 39.8 Å². The van der Waals surface area contributed by atoms with Gasteiger partial charge in [0, 0.05) is 24.7 Å². The average molecular weight is 963 g/mol. The third-order valence-electron chi connectivity index (χ3n) is 14.9. The van der Waals surface area contributed by atoms with Crippen LogP contribution in [0.2, 0.25) is 0 Å². The predicted molar refractivity (Wildman–Crippen MR) is 283 cm³/mol. The van der Waals surface area contributed by atoms with Gasteiger partial charge in [-0.15, -0.1) is 0 Å². The summed E-state index contributed by atoms with van der Waals surface area (Å²) in [5, 5.41) is 32.6. The summed E-state index contributed by atoms with van der Waals surface area (Å²) in [6.07, 6.45) is 1.19. The fourth-order valence-corrected chi connectivity index (χ4v) is 11.1. The summed E-state index contributed by atoms with van der Waals surface area (Å²) >= 11 is 0. The topological polar surface area (TPSA) is 141 Å². The molecule has 4 unspecified atom stereocenters. The van der Waals surface area contributed by atoms with E-state index in [9.17, 15) is 15.0 Å². The van der Waals surface area contributed by atoms with E-state index in [-0.39, 0.29) is 38.8 Å². The number of primary amides is 1. The summed E-state index contributed by atoms with van der Waals surface area (Å²) in [6.45, 7) is -0.634. The van der Waals surface area contributed by atoms with Gasteiger partial charge >= 0.3 is 0 Å². The molecule has 368 valence electrons. The van der Waals surface area contributed by atoms with Gasteiger partial charge in [-0.1, -0.05) is 140 Å². The lowest BCUT2D eigenvalue weighted by molar-refractivity contribution is -0.162. The molecule has 2 amide bonds. The normalized spacial score (nSPS) is 15.5. The first-order chi connectivity index (χ1) is 34.9. The van der Waals surface area contributed by atoms with Gasteiger partial charge in [-0.2, -0.15) is 0 Å². The van der Waals surface area contributed by atoms with Crippen molar-refractivity contribution in [3.8, 4) is 23.0 Å². The van der Waals surface area contributed by atoms with Crippen molar-refractivity contribution in [1.29, 1.82) is 0 Å². The Morgan fingerprint density at radius 3 is 1.19 bits per heavy atom. The number of methoxy groups -OCH3 is 4. The van der Waals surface area contributed by atoms with Gasteiger partial charge in [-0.3, -0.25) is 9.59 Å². The third-order valence-corrected chi connectivity index (χ3v) is 14.9. The van der Waals surface area contributed by atoms with Gasteiger partial charge in [0.25, 0.3) is 0 Å². The minimum atomic E-state index is -1.83. The highest BCUT2D eigenvalue weighted by Gasteiger charge is 2.55. The molecule has 1 fully saturated rings. The molecule has 10 nitrogen and oxygen atoms in total. The average Bonchev–Trinajstić information content (AvgIpc) is 3.39. The van der Waals surface area contributed by atoms with Crippen molar-refractivity contribution in [2.75, 3.05) is 41.5 Å². The van der Waals surface area contributed by atoms with Crippen molar-refractivity contribution in [1.82, 2.24) is 4.90 Å². The highest BCUT2D eigenvalue weighted by molar-refractivity contribution is 6.05. The van der Waals surface area contributed by atoms with E-state index < -0.39 is 40.3 Å². The Labute approximate surface area is 421 Å². The smallest absolute Gasteiger partial charge is 0.238 e. The first kappa shape index (κ1) is 49.3. The molecule has 1 aliphatic carbocycles. The number of nitrogens with zero attached hydrogens (tertiary/aromatic N) is 1. The van der Waals surface area contributed by atoms with E-state index in [1.165, 1.54) is 0 Å². The summed E-state index contributed by atoms with van der Waals surface area (Å²) in [5.41, 5.74) is 5.82. The van der Waals surface area contributed by atoms with Crippen LogP contribution in [-0.4, -0.2) is 79.7 Å². The van der Waals surface area contributed by atoms with Crippen LogP contribution < -0.4 is 24.7 Å². The molecule has 4 atom stereocenters. The summed E-state index contributed by atoms with van der Waals surface area (Å²) < 4.78 is 22.4. The molecule has 4 N–H and O–H groups in total. The first-order valence-electron chi connectivity index (χ1n) is 24.4. The fourth-order valence-electron chi connectivity index (χ4n) is 11.1. The number of rotatable bonds is 20. The van der Waals surface area contributed by atoms with Gasteiger partial charge in [0.15, 0.2) is 0 Å². The number of hydrogen-bond acceptors (Lipinski definition) is 8. The predicted octanol–water partition coefficient (Wildman–Crippen LogP) is 10.4. The fraction of sp³-hybridized carbons (Fsp3) is 0.258. The molecular weight excluding hydrogens is 901 g/mol. The Balaban J connectivity index is 1.30. The molecule has 1 saturated carbocycles. The molecule has 8 aromatic rings. The largest absolute Gasteiger partial charge is 0.497 e. The zero-order chi connectivity index (χ0) is 50.5. The van der Waals surface area contributed by atoms with E-state index in [2.05, 4.69) is 0 Å². The minimum Gasteiger partial charge on any atom is -0.497 e. The summed E-state index contributed by atoms with van der Waals surface area (Å²) in [6, 6.07) is 58.6. The van der Waals surface area contributed by atoms with Gasteiger partial charge in [0.05, 0.1) is 52.7 Å². The minimum absolute atomic E-state index is 0.0480. The van der Waals surface area contributed by atoms with Gasteiger partial charge in [-0.05, 0) is 116 Å². The number of ether oxygens (including phenoxy) is 4. The SMILES string of the molecule is COc1ccc(CC(O)(CN(CC(O)(Cc2ccc(OC)cc2)C(c2ccc(OC)cc2)c2cccc3ccccc23)C(=O)C2(C(N)=O)CCC2)C(c2ccc(OC)cc2)c2cccc3ccccc23)cc1. The Morgan fingerprint density at radius 2 is 0.861 bits per heavy atom. The highest BCUT2D eigenvalue weighted by Crippen LogP contribution is 2.48. The number of fused-ring (bicyclic) bond motifs is 2. The van der Waals surface area contributed by atoms with E-state index in [0.717, 1.165) is 54.9 Å². The van der Waals surface area contributed by atoms with E-state index >= 15 is 4.79 Å². The molecule has 0 spiro atoms. The van der Waals surface area contributed by atoms with Crippen LogP contribution in [-0.2, 0) is 22.4 Å². The Kier molecular flexibility index (Phi) is 14.4. The number of benzene rings is 8. The molecular formula is C62H62N2O8. The molecule has 9 rings (SSSR count). The molecule has 0 saturated heterocycles. The maximum atomic E-state index is 16.0. The monoisotopic (exact) mass is 962 g/mol. The van der Waals surface area contributed by atoms with Crippen molar-refractivity contribution >= 4 is 33.4 Å². The van der Waals surface area contributed by atoms with Crippen molar-refractivity contribution in [3.05, 3.63) is 215 Å². The number of carbonyl (C=O) groups is 2. The van der Waals surface area contributed by atoms with E-state index in [1.807, 2.05) is 182 Å². The van der Waals surface area contributed by atoms with Crippen LogP contribution in [0.5, 0.6) is 23.0 Å². The lowest BCUT2D eigenvalue weighted by atomic mass is 9.66. The molecule has 72 heavy (non-hydrogen) atoms. The van der Waals surface area contributed by atoms with E-state index in [0.29, 0.717) is 29.4 Å². The van der Waals surface area contributed by atoms with E-state index in [1.54, 1.807) is 33.3 Å². The quantitative estimate of drug-likeness (QED) is 0.0642. The first-order valence-corrected chi connectivity index (χ1v) is 24.4. The molecule has 0 heterocycles. The van der Waals surface area contributed by atoms with Crippen LogP contribution in [0, 0.1) is 5.41 Å². The maximum Gasteiger partial charge on any atom is 0.238 e. The molecule has 0 radical (unpaired) electrons. The number of hydrogen-bond donors (Lipinski definition) is 3. The zero-order valence-electron chi connectivity index (χ0n) is 41.3. The zero-order valence-corrected chi connectivity index (χ0v) is 41.3. The summed E-state index contributed by atoms with van der Waals surface area (Å²) in [4.78, 5) is 31.4. The van der Waals surface area contributed by atoms with Gasteiger partial charge in [-0.25, -0.2) is 0 Å². The van der Waals surface area contributed by atoms with Crippen molar-refractivity contribution < 1.29 is 38.7 Å². The van der Waals surface area contributed by atoms with Gasteiger partial charge in [0.2, 0.25) is 11.8 Å². The third kappa shape index (κ3) is 9.85. The van der Waals surface area contributed by atoms with Crippen LogP contribution in [0.15, 0.2) is 182 Å². The second kappa shape index (κ2) is 21.0. The summed E-state index contributed by atoms with van der Waals surface area (Å²) in [5.74, 6) is -0.277. The standard InChI is InChI=1S/C62H62N2O8/c1-69-48-28-20-42(21-29-48)38-61(67,56(46-24-32-50(71-3)33-25-46)54-18-9-14-44-12-5-7-16-52(44)54)40-64(59(66)60(58(63)65)36-11-37-60)41-62(68,39-43-22-30-49(70-2)31-23-43)57(47-26-34-51(72-4)35-27-47)55-19-10-15-45-13-6-8-17-53(45)55/h5-10,12-35,56-57,67-68H,11,36-41H2,1-4H3,(H2,63,65). The Hall–Kier alpha value is -7.66. The van der Waals surface area contributed by atoms with E-state index in [4.69, 9.17) is 24.7 Å². The Morgan fingerprint density at radius 1 is 0.514 bits per heavy atom. The van der Waals surface area contributed by atoms with Crippen LogP contribution in [0.4, 0.5) is 0 Å². The lowest BCUT2D eigenvalue weighted by Crippen LogP contribution is -2.62. The van der Waals surface area contributed by atoms with Crippen molar-refractivity contribution in [2.45, 2.75) is 55.1 Å². The van der Waals surface area contributed by atoms with Crippen LogP contribution >= 0.6 is 0 Å². The number of aliphatic hydroxyl groups is 2. The van der Waals surface area contributed by atoms with Gasteiger partial charge in [0.1, 0.15) is 28.4 Å². The molecule has 1 aliphatic rings. The second-order valence-electron chi connectivity index (χ2n) is 19.3. The number of carbonyl (C=O) groups excluding carboxylic acids is 2. The highest BCUT2D eigenvalue weighted by atomic mass is 16.5. The molecule has 10 heteroatoms. The lowest BCUT2D eigenvalue weighted by Gasteiger charge is -2.49.